The smallest absolute Gasteiger partial charge is 0.404 e. The van der Waals surface area contributed by atoms with E-state index in [1.807, 2.05) is 26.8 Å². The van der Waals surface area contributed by atoms with Crippen LogP contribution in [0.5, 0.6) is 0 Å². The molecule has 3 N–H and O–H groups in total. The molecule has 0 aliphatic rings. The van der Waals surface area contributed by atoms with Gasteiger partial charge in [0.15, 0.2) is 0 Å². The SMILES string of the molecule is CC(C)(C)/C(=C/C#N)CCC(CO)OC(N)=O. The fraction of sp³-hybridized carbons (Fsp3) is 0.667. The minimum Gasteiger partial charge on any atom is -0.444 e. The third kappa shape index (κ3) is 6.59. The van der Waals surface area contributed by atoms with Crippen LogP contribution in [0.3, 0.4) is 0 Å². The van der Waals surface area contributed by atoms with Gasteiger partial charge in [-0.25, -0.2) is 4.79 Å². The molecule has 0 bridgehead atoms. The van der Waals surface area contributed by atoms with Crippen LogP contribution >= 0.6 is 0 Å². The predicted octanol–water partition coefficient (Wildman–Crippen LogP) is 1.72. The number of aliphatic hydroxyl groups is 1. The number of primary amides is 1. The van der Waals surface area contributed by atoms with E-state index in [1.165, 1.54) is 6.08 Å². The standard InChI is InChI=1S/C12H20N2O3/c1-12(2,3)9(6-7-13)4-5-10(8-15)17-11(14)16/h6,10,15H,4-5,8H2,1-3H3,(H2,14,16)/b9-6+. The molecule has 0 aliphatic carbocycles. The molecule has 0 heterocycles. The van der Waals surface area contributed by atoms with E-state index in [0.29, 0.717) is 12.8 Å². The van der Waals surface area contributed by atoms with Gasteiger partial charge in [-0.3, -0.25) is 0 Å². The molecule has 1 amide bonds. The number of nitrogens with two attached hydrogens (primary N) is 1. The maximum absolute atomic E-state index is 10.6. The van der Waals surface area contributed by atoms with E-state index >= 15 is 0 Å². The van der Waals surface area contributed by atoms with Crippen molar-refractivity contribution in [1.29, 1.82) is 5.26 Å². The molecule has 0 fully saturated rings. The fourth-order valence-electron chi connectivity index (χ4n) is 1.41. The molecule has 0 aromatic heterocycles. The third-order valence-electron chi connectivity index (χ3n) is 2.42. The summed E-state index contributed by atoms with van der Waals surface area (Å²) >= 11 is 0. The molecule has 0 radical (unpaired) electrons. The monoisotopic (exact) mass is 240 g/mol. The summed E-state index contributed by atoms with van der Waals surface area (Å²) in [6.07, 6.45) is 1.01. The summed E-state index contributed by atoms with van der Waals surface area (Å²) in [5.74, 6) is 0. The fourth-order valence-corrected chi connectivity index (χ4v) is 1.41. The largest absolute Gasteiger partial charge is 0.444 e. The van der Waals surface area contributed by atoms with Gasteiger partial charge in [0.05, 0.1) is 12.7 Å². The van der Waals surface area contributed by atoms with Crippen LogP contribution in [0, 0.1) is 16.7 Å². The average molecular weight is 240 g/mol. The Hall–Kier alpha value is -1.54. The molecule has 5 heteroatoms. The highest BCUT2D eigenvalue weighted by atomic mass is 16.6. The van der Waals surface area contributed by atoms with Gasteiger partial charge in [-0.15, -0.1) is 0 Å². The second kappa shape index (κ2) is 6.92. The molecule has 0 aromatic rings. The van der Waals surface area contributed by atoms with Crippen molar-refractivity contribution in [2.75, 3.05) is 6.61 Å². The Bertz CT molecular complexity index is 324. The van der Waals surface area contributed by atoms with E-state index in [-0.39, 0.29) is 12.0 Å². The lowest BCUT2D eigenvalue weighted by Gasteiger charge is -2.23. The number of carbonyl (C=O) groups is 1. The minimum absolute atomic E-state index is 0.123. The molecule has 96 valence electrons. The van der Waals surface area contributed by atoms with Crippen molar-refractivity contribution < 1.29 is 14.6 Å². The van der Waals surface area contributed by atoms with Crippen molar-refractivity contribution in [1.82, 2.24) is 0 Å². The van der Waals surface area contributed by atoms with Gasteiger partial charge < -0.3 is 15.6 Å². The summed E-state index contributed by atoms with van der Waals surface area (Å²) in [6.45, 7) is 5.73. The number of rotatable bonds is 5. The van der Waals surface area contributed by atoms with Gasteiger partial charge in [-0.2, -0.15) is 5.26 Å². The average Bonchev–Trinajstić information content (AvgIpc) is 2.19. The summed E-state index contributed by atoms with van der Waals surface area (Å²) in [4.78, 5) is 10.6. The van der Waals surface area contributed by atoms with Crippen molar-refractivity contribution in [2.24, 2.45) is 11.1 Å². The summed E-state index contributed by atoms with van der Waals surface area (Å²) < 4.78 is 4.72. The molecule has 5 nitrogen and oxygen atoms in total. The summed E-state index contributed by atoms with van der Waals surface area (Å²) in [6, 6.07) is 2.00. The predicted molar refractivity (Wildman–Crippen MR) is 63.9 cm³/mol. The van der Waals surface area contributed by atoms with Crippen molar-refractivity contribution in [3.05, 3.63) is 11.6 Å². The van der Waals surface area contributed by atoms with Crippen LogP contribution in [0.1, 0.15) is 33.6 Å². The van der Waals surface area contributed by atoms with E-state index in [2.05, 4.69) is 0 Å². The number of nitriles is 1. The molecule has 1 unspecified atom stereocenters. The van der Waals surface area contributed by atoms with Crippen LogP contribution in [0.25, 0.3) is 0 Å². The molecule has 0 aliphatic heterocycles. The first-order valence-corrected chi connectivity index (χ1v) is 5.47. The van der Waals surface area contributed by atoms with Gasteiger partial charge in [0.25, 0.3) is 0 Å². The number of nitrogens with zero attached hydrogens (tertiary/aromatic N) is 1. The molecular weight excluding hydrogens is 220 g/mol. The van der Waals surface area contributed by atoms with Crippen LogP contribution < -0.4 is 5.73 Å². The number of carbonyl (C=O) groups excluding carboxylic acids is 1. The maximum Gasteiger partial charge on any atom is 0.404 e. The zero-order valence-corrected chi connectivity index (χ0v) is 10.6. The number of aliphatic hydroxyl groups excluding tert-OH is 1. The number of hydrogen-bond donors (Lipinski definition) is 2. The lowest BCUT2D eigenvalue weighted by atomic mass is 9.83. The molecule has 0 rings (SSSR count). The van der Waals surface area contributed by atoms with Gasteiger partial charge in [-0.1, -0.05) is 26.3 Å². The van der Waals surface area contributed by atoms with E-state index in [4.69, 9.17) is 20.8 Å². The maximum atomic E-state index is 10.6. The Labute approximate surface area is 102 Å². The summed E-state index contributed by atoms with van der Waals surface area (Å²) in [5, 5.41) is 17.7. The summed E-state index contributed by atoms with van der Waals surface area (Å²) in [7, 11) is 0. The van der Waals surface area contributed by atoms with Gasteiger partial charge in [0, 0.05) is 6.08 Å². The Morgan fingerprint density at radius 2 is 2.18 bits per heavy atom. The van der Waals surface area contributed by atoms with Crippen molar-refractivity contribution in [3.63, 3.8) is 0 Å². The topological polar surface area (TPSA) is 96.3 Å². The minimum atomic E-state index is -0.898. The first-order chi connectivity index (χ1) is 7.81. The van der Waals surface area contributed by atoms with Gasteiger partial charge in [0.1, 0.15) is 6.10 Å². The molecule has 0 saturated heterocycles. The molecule has 0 spiro atoms. The second-order valence-corrected chi connectivity index (χ2v) is 4.83. The lowest BCUT2D eigenvalue weighted by molar-refractivity contribution is 0.0582. The molecule has 1 atom stereocenters. The number of allylic oxidation sites excluding steroid dienone is 2. The van der Waals surface area contributed by atoms with Gasteiger partial charge >= 0.3 is 6.09 Å². The lowest BCUT2D eigenvalue weighted by Crippen LogP contribution is -2.26. The Morgan fingerprint density at radius 1 is 1.59 bits per heavy atom. The van der Waals surface area contributed by atoms with Crippen LogP contribution in [0.2, 0.25) is 0 Å². The van der Waals surface area contributed by atoms with Gasteiger partial charge in [0.2, 0.25) is 0 Å². The number of ether oxygens (including phenoxy) is 1. The highest BCUT2D eigenvalue weighted by Gasteiger charge is 2.19. The van der Waals surface area contributed by atoms with E-state index in [1.54, 1.807) is 0 Å². The van der Waals surface area contributed by atoms with Crippen molar-refractivity contribution in [2.45, 2.75) is 39.7 Å². The van der Waals surface area contributed by atoms with Crippen LogP contribution in [-0.4, -0.2) is 23.9 Å². The number of amides is 1. The van der Waals surface area contributed by atoms with E-state index < -0.39 is 12.2 Å². The van der Waals surface area contributed by atoms with Crippen molar-refractivity contribution >= 4 is 6.09 Å². The van der Waals surface area contributed by atoms with Crippen molar-refractivity contribution in [3.8, 4) is 6.07 Å². The Morgan fingerprint density at radius 3 is 2.53 bits per heavy atom. The zero-order valence-electron chi connectivity index (χ0n) is 10.6. The van der Waals surface area contributed by atoms with Gasteiger partial charge in [-0.05, 0) is 18.3 Å². The quantitative estimate of drug-likeness (QED) is 0.715. The second-order valence-electron chi connectivity index (χ2n) is 4.83. The first kappa shape index (κ1) is 15.5. The molecule has 17 heavy (non-hydrogen) atoms. The molecular formula is C12H20N2O3. The third-order valence-corrected chi connectivity index (χ3v) is 2.42. The Kier molecular flexibility index (Phi) is 6.29. The highest BCUT2D eigenvalue weighted by molar-refractivity contribution is 5.64. The number of hydrogen-bond acceptors (Lipinski definition) is 4. The zero-order chi connectivity index (χ0) is 13.5. The first-order valence-electron chi connectivity index (χ1n) is 5.47. The Balaban J connectivity index is 4.46. The summed E-state index contributed by atoms with van der Waals surface area (Å²) in [5.41, 5.74) is 5.71. The molecule has 0 saturated carbocycles. The molecule has 0 aromatic carbocycles. The van der Waals surface area contributed by atoms with Crippen LogP contribution in [0.15, 0.2) is 11.6 Å². The van der Waals surface area contributed by atoms with E-state index in [9.17, 15) is 4.79 Å². The normalized spacial score (nSPS) is 13.9. The van der Waals surface area contributed by atoms with Crippen LogP contribution in [-0.2, 0) is 4.74 Å². The highest BCUT2D eigenvalue weighted by Crippen LogP contribution is 2.29. The van der Waals surface area contributed by atoms with E-state index in [0.717, 1.165) is 5.57 Å². The van der Waals surface area contributed by atoms with Crippen LogP contribution in [0.4, 0.5) is 4.79 Å².